The molecule has 0 unspecified atom stereocenters. The van der Waals surface area contributed by atoms with E-state index in [1.165, 1.54) is 36.0 Å². The molecule has 0 fully saturated rings. The summed E-state index contributed by atoms with van der Waals surface area (Å²) < 4.78 is 0. The molecule has 0 saturated heterocycles. The van der Waals surface area contributed by atoms with E-state index < -0.39 is 0 Å². The second-order valence-corrected chi connectivity index (χ2v) is 5.63. The summed E-state index contributed by atoms with van der Waals surface area (Å²) in [6, 6.07) is 0. The van der Waals surface area contributed by atoms with Crippen molar-refractivity contribution in [3.8, 4) is 12.8 Å². The lowest BCUT2D eigenvalue weighted by Crippen LogP contribution is -2.19. The van der Waals surface area contributed by atoms with E-state index in [1.54, 1.807) is 0 Å². The molecule has 1 aliphatic carbocycles. The van der Waals surface area contributed by atoms with Gasteiger partial charge < -0.3 is 5.73 Å². The van der Waals surface area contributed by atoms with Gasteiger partial charge in [0.15, 0.2) is 0 Å². The highest BCUT2D eigenvalue weighted by molar-refractivity contribution is 5.36. The third-order valence-electron chi connectivity index (χ3n) is 3.66. The van der Waals surface area contributed by atoms with Gasteiger partial charge in [-0.1, -0.05) is 31.6 Å². The van der Waals surface area contributed by atoms with E-state index in [0.29, 0.717) is 5.41 Å². The van der Waals surface area contributed by atoms with Crippen molar-refractivity contribution in [1.29, 1.82) is 0 Å². The van der Waals surface area contributed by atoms with Gasteiger partial charge in [-0.25, -0.2) is 0 Å². The van der Waals surface area contributed by atoms with Gasteiger partial charge in [-0.15, -0.1) is 12.8 Å². The van der Waals surface area contributed by atoms with Crippen LogP contribution in [0, 0.1) is 18.3 Å². The van der Waals surface area contributed by atoms with Crippen molar-refractivity contribution in [2.75, 3.05) is 0 Å². The molecule has 2 N–H and O–H groups in total. The fraction of sp³-hybridized carbons (Fsp3) is 0.529. The molecule has 0 radical (unpaired) electrons. The fourth-order valence-electron chi connectivity index (χ4n) is 2.35. The zero-order valence-corrected chi connectivity index (χ0v) is 12.5. The molecule has 1 nitrogen and oxygen atoms in total. The number of rotatable bonds is 2. The lowest BCUT2D eigenvalue weighted by molar-refractivity contribution is 0.377. The Morgan fingerprint density at radius 1 is 1.28 bits per heavy atom. The molecule has 1 aliphatic rings. The minimum absolute atomic E-state index is 0.321. The average Bonchev–Trinajstić information content (AvgIpc) is 2.29. The van der Waals surface area contributed by atoms with Crippen molar-refractivity contribution in [3.05, 3.63) is 34.6 Å². The van der Waals surface area contributed by atoms with Gasteiger partial charge in [0.1, 0.15) is 0 Å². The highest BCUT2D eigenvalue weighted by Gasteiger charge is 2.26. The number of hydrogen-bond donors (Lipinski definition) is 1. The van der Waals surface area contributed by atoms with Gasteiger partial charge >= 0.3 is 0 Å². The first-order valence-electron chi connectivity index (χ1n) is 6.49. The van der Waals surface area contributed by atoms with E-state index in [0.717, 1.165) is 5.70 Å². The second-order valence-electron chi connectivity index (χ2n) is 5.63. The van der Waals surface area contributed by atoms with Crippen molar-refractivity contribution in [3.63, 3.8) is 0 Å². The predicted octanol–water partition coefficient (Wildman–Crippen LogP) is 4.57. The van der Waals surface area contributed by atoms with Crippen LogP contribution in [0.15, 0.2) is 34.6 Å². The van der Waals surface area contributed by atoms with Gasteiger partial charge in [-0.2, -0.15) is 0 Å². The first kappa shape index (κ1) is 16.6. The number of nitrogens with two attached hydrogens (primary N) is 1. The van der Waals surface area contributed by atoms with Crippen molar-refractivity contribution < 1.29 is 0 Å². The molecule has 0 heterocycles. The van der Waals surface area contributed by atoms with Gasteiger partial charge in [0.25, 0.3) is 0 Å². The van der Waals surface area contributed by atoms with Crippen LogP contribution in [0.1, 0.15) is 53.9 Å². The molecule has 0 spiro atoms. The van der Waals surface area contributed by atoms with Crippen LogP contribution in [0.4, 0.5) is 0 Å². The second kappa shape index (κ2) is 7.11. The van der Waals surface area contributed by atoms with Gasteiger partial charge in [0, 0.05) is 5.70 Å². The van der Waals surface area contributed by atoms with Gasteiger partial charge in [0.05, 0.1) is 0 Å². The Kier molecular flexibility index (Phi) is 6.55. The van der Waals surface area contributed by atoms with E-state index in [4.69, 9.17) is 5.73 Å². The van der Waals surface area contributed by atoms with E-state index in [1.807, 2.05) is 6.92 Å². The third kappa shape index (κ3) is 4.45. The Balaban J connectivity index is 0.00000137. The molecule has 0 saturated carbocycles. The van der Waals surface area contributed by atoms with Crippen molar-refractivity contribution in [1.82, 2.24) is 0 Å². The van der Waals surface area contributed by atoms with Gasteiger partial charge in [-0.3, -0.25) is 0 Å². The van der Waals surface area contributed by atoms with Crippen LogP contribution in [0.2, 0.25) is 0 Å². The van der Waals surface area contributed by atoms with Crippen LogP contribution >= 0.6 is 0 Å². The molecule has 0 aromatic rings. The largest absolute Gasteiger partial charge is 0.402 e. The predicted molar refractivity (Wildman–Crippen MR) is 81.9 cm³/mol. The first-order valence-corrected chi connectivity index (χ1v) is 6.49. The highest BCUT2D eigenvalue weighted by Crippen LogP contribution is 2.40. The summed E-state index contributed by atoms with van der Waals surface area (Å²) in [5.74, 6) is 0. The van der Waals surface area contributed by atoms with Crippen molar-refractivity contribution in [2.24, 2.45) is 11.1 Å². The lowest BCUT2D eigenvalue weighted by Gasteiger charge is -2.33. The maximum Gasteiger partial charge on any atom is 0.00785 e. The Morgan fingerprint density at radius 2 is 1.83 bits per heavy atom. The molecule has 0 aromatic carbocycles. The van der Waals surface area contributed by atoms with Crippen LogP contribution in [0.25, 0.3) is 0 Å². The average molecular weight is 245 g/mol. The van der Waals surface area contributed by atoms with Gasteiger partial charge in [0.2, 0.25) is 0 Å². The summed E-state index contributed by atoms with van der Waals surface area (Å²) in [5, 5.41) is 0. The van der Waals surface area contributed by atoms with E-state index >= 15 is 0 Å². The first-order chi connectivity index (χ1) is 8.34. The molecule has 1 rings (SSSR count). The standard InChI is InChI=1S/C15H25N.C2H2/c1-11(13(3)16)8-9-14-12(2)7-6-10-15(14,4)5;1-2/h8-9H,6-7,10,16H2,1-5H3;1-2H/b9-8+,13-11-;. The summed E-state index contributed by atoms with van der Waals surface area (Å²) in [6.45, 7) is 11.0. The Labute approximate surface area is 113 Å². The fourth-order valence-corrected chi connectivity index (χ4v) is 2.35. The van der Waals surface area contributed by atoms with E-state index in [-0.39, 0.29) is 0 Å². The SMILES string of the molecule is C#C.CC1=C(/C=C/C(C)=C(/C)N)C(C)(C)CCC1. The van der Waals surface area contributed by atoms with Crippen LogP contribution in [-0.4, -0.2) is 0 Å². The van der Waals surface area contributed by atoms with Crippen LogP contribution < -0.4 is 5.73 Å². The van der Waals surface area contributed by atoms with Crippen molar-refractivity contribution >= 4 is 0 Å². The normalized spacial score (nSPS) is 20.2. The third-order valence-corrected chi connectivity index (χ3v) is 3.66. The molecule has 0 atom stereocenters. The maximum atomic E-state index is 5.77. The van der Waals surface area contributed by atoms with Crippen LogP contribution in [0.3, 0.4) is 0 Å². The molecule has 0 aromatic heterocycles. The highest BCUT2D eigenvalue weighted by atomic mass is 14.5. The molecular formula is C17H27N. The summed E-state index contributed by atoms with van der Waals surface area (Å²) in [6.07, 6.45) is 16.3. The minimum atomic E-state index is 0.321. The summed E-state index contributed by atoms with van der Waals surface area (Å²) >= 11 is 0. The molecule has 18 heavy (non-hydrogen) atoms. The summed E-state index contributed by atoms with van der Waals surface area (Å²) in [7, 11) is 0. The zero-order valence-electron chi connectivity index (χ0n) is 12.5. The molecule has 0 bridgehead atoms. The summed E-state index contributed by atoms with van der Waals surface area (Å²) in [5.41, 5.74) is 11.2. The number of hydrogen-bond acceptors (Lipinski definition) is 1. The number of allylic oxidation sites excluding steroid dienone is 6. The molecule has 100 valence electrons. The Hall–Kier alpha value is -1.42. The molecule has 0 aliphatic heterocycles. The minimum Gasteiger partial charge on any atom is -0.402 e. The van der Waals surface area contributed by atoms with Gasteiger partial charge in [-0.05, 0) is 56.6 Å². The summed E-state index contributed by atoms with van der Waals surface area (Å²) in [4.78, 5) is 0. The van der Waals surface area contributed by atoms with Crippen molar-refractivity contribution in [2.45, 2.75) is 53.9 Å². The number of terminal acetylenes is 1. The zero-order chi connectivity index (χ0) is 14.3. The smallest absolute Gasteiger partial charge is 0.00785 e. The Morgan fingerprint density at radius 3 is 2.28 bits per heavy atom. The van der Waals surface area contributed by atoms with E-state index in [9.17, 15) is 0 Å². The topological polar surface area (TPSA) is 26.0 Å². The van der Waals surface area contributed by atoms with E-state index in [2.05, 4.69) is 52.7 Å². The Bertz CT molecular complexity index is 385. The molecule has 0 amide bonds. The van der Waals surface area contributed by atoms with Crippen LogP contribution in [-0.2, 0) is 0 Å². The van der Waals surface area contributed by atoms with Crippen LogP contribution in [0.5, 0.6) is 0 Å². The lowest BCUT2D eigenvalue weighted by atomic mass is 9.72. The molecule has 1 heteroatoms. The molecular weight excluding hydrogens is 218 g/mol. The quantitative estimate of drug-likeness (QED) is 0.559. The monoisotopic (exact) mass is 245 g/mol. The maximum absolute atomic E-state index is 5.77.